The van der Waals surface area contributed by atoms with Gasteiger partial charge in [0, 0.05) is 22.7 Å². The van der Waals surface area contributed by atoms with Crippen LogP contribution in [0.5, 0.6) is 0 Å². The maximum atomic E-state index is 13.3. The Morgan fingerprint density at radius 2 is 1.88 bits per heavy atom. The first-order valence-electron chi connectivity index (χ1n) is 9.40. The van der Waals surface area contributed by atoms with E-state index >= 15 is 0 Å². The van der Waals surface area contributed by atoms with Crippen LogP contribution in [0.15, 0.2) is 24.3 Å². The van der Waals surface area contributed by atoms with Crippen molar-refractivity contribution in [2.45, 2.75) is 50.8 Å². The second-order valence-corrected chi connectivity index (χ2v) is 9.55. The predicted molar refractivity (Wildman–Crippen MR) is 90.6 cm³/mol. The van der Waals surface area contributed by atoms with Crippen molar-refractivity contribution in [2.75, 3.05) is 6.61 Å². The third-order valence-electron chi connectivity index (χ3n) is 8.51. The highest BCUT2D eigenvalue weighted by Crippen LogP contribution is 2.75. The number of ether oxygens (including phenoxy) is 1. The molecule has 0 radical (unpaired) electrons. The summed E-state index contributed by atoms with van der Waals surface area (Å²) >= 11 is 0. The molecule has 9 atom stereocenters. The molecule has 1 unspecified atom stereocenters. The number of Topliss-reactive ketones (excluding diaryl/α,β-unsaturated/α-hetero) is 1. The van der Waals surface area contributed by atoms with Gasteiger partial charge < -0.3 is 25.2 Å². The molecule has 0 aromatic carbocycles. The summed E-state index contributed by atoms with van der Waals surface area (Å²) < 4.78 is 5.80. The number of hydrogen-bond acceptors (Lipinski definition) is 6. The third-order valence-corrected chi connectivity index (χ3v) is 8.51. The Labute approximate surface area is 152 Å². The highest BCUT2D eigenvalue weighted by atomic mass is 16.6. The van der Waals surface area contributed by atoms with E-state index in [0.717, 1.165) is 0 Å². The molecule has 6 heteroatoms. The normalized spacial score (nSPS) is 59.3. The van der Waals surface area contributed by atoms with Crippen molar-refractivity contribution in [3.63, 3.8) is 0 Å². The number of ketones is 1. The lowest BCUT2D eigenvalue weighted by Crippen LogP contribution is -2.83. The van der Waals surface area contributed by atoms with Gasteiger partial charge in [0.15, 0.2) is 5.78 Å². The van der Waals surface area contributed by atoms with Crippen LogP contribution in [0.1, 0.15) is 26.7 Å². The monoisotopic (exact) mass is 362 g/mol. The number of carbonyl (C=O) groups is 1. The van der Waals surface area contributed by atoms with E-state index in [9.17, 15) is 25.2 Å². The molecule has 2 aliphatic heterocycles. The van der Waals surface area contributed by atoms with E-state index in [0.29, 0.717) is 18.4 Å². The minimum Gasteiger partial charge on any atom is -0.391 e. The van der Waals surface area contributed by atoms with Crippen LogP contribution in [0.25, 0.3) is 0 Å². The highest BCUT2D eigenvalue weighted by Gasteiger charge is 2.85. The molecule has 2 saturated heterocycles. The fraction of sp³-hybridized carbons (Fsp3) is 0.750. The van der Waals surface area contributed by atoms with Gasteiger partial charge in [0.2, 0.25) is 5.79 Å². The molecule has 0 aromatic rings. The first kappa shape index (κ1) is 17.1. The van der Waals surface area contributed by atoms with Crippen LogP contribution in [-0.4, -0.2) is 56.9 Å². The topological polar surface area (TPSA) is 107 Å². The summed E-state index contributed by atoms with van der Waals surface area (Å²) in [5.74, 6) is -3.83. The molecule has 4 N–H and O–H groups in total. The smallest absolute Gasteiger partial charge is 0.208 e. The first-order valence-corrected chi connectivity index (χ1v) is 9.40. The van der Waals surface area contributed by atoms with Crippen molar-refractivity contribution in [2.24, 2.45) is 34.0 Å². The van der Waals surface area contributed by atoms with Gasteiger partial charge in [-0.1, -0.05) is 32.6 Å². The van der Waals surface area contributed by atoms with E-state index in [1.165, 1.54) is 0 Å². The maximum absolute atomic E-state index is 13.3. The molecule has 3 saturated carbocycles. The van der Waals surface area contributed by atoms with Gasteiger partial charge in [-0.25, -0.2) is 0 Å². The second kappa shape index (κ2) is 4.50. The van der Waals surface area contributed by atoms with Gasteiger partial charge in [-0.2, -0.15) is 0 Å². The number of fused-ring (bicyclic) bond motifs is 2. The van der Waals surface area contributed by atoms with Crippen molar-refractivity contribution in [3.8, 4) is 0 Å². The fourth-order valence-corrected chi connectivity index (χ4v) is 7.34. The molecular formula is C20H26O6. The molecule has 2 heterocycles. The zero-order valence-corrected chi connectivity index (χ0v) is 15.1. The van der Waals surface area contributed by atoms with Gasteiger partial charge in [-0.15, -0.1) is 0 Å². The van der Waals surface area contributed by atoms with E-state index in [-0.39, 0.29) is 18.3 Å². The standard InChI is InChI=1S/C20H26O6/c1-9-10-4-5-11-18-7-6-12(21)17(2,3)13(18)16(24)20(25,26-8-18)19(11,14(9)22)15(10)23/h6-7,10-13,15-16,21,23-25H,1,4-5,8H2,2-3H3/t10-,11-,12-,13+,15+,16-,18+,19-,20?/m0/s1. The molecule has 5 fully saturated rings. The molecule has 6 rings (SSSR count). The quantitative estimate of drug-likeness (QED) is 0.361. The molecule has 0 amide bonds. The van der Waals surface area contributed by atoms with Crippen molar-refractivity contribution in [1.29, 1.82) is 0 Å². The number of carbonyl (C=O) groups excluding carboxylic acids is 1. The number of rotatable bonds is 0. The van der Waals surface area contributed by atoms with E-state index in [2.05, 4.69) is 6.58 Å². The van der Waals surface area contributed by atoms with Gasteiger partial charge in [-0.3, -0.25) is 4.79 Å². The van der Waals surface area contributed by atoms with E-state index in [1.54, 1.807) is 6.08 Å². The summed E-state index contributed by atoms with van der Waals surface area (Å²) in [5.41, 5.74) is -2.71. The minimum absolute atomic E-state index is 0.154. The summed E-state index contributed by atoms with van der Waals surface area (Å²) in [6.45, 7) is 7.77. The largest absolute Gasteiger partial charge is 0.391 e. The average Bonchev–Trinajstić information content (AvgIpc) is 2.69. The lowest BCUT2D eigenvalue weighted by atomic mass is 9.37. The third kappa shape index (κ3) is 1.37. The summed E-state index contributed by atoms with van der Waals surface area (Å²) in [6.07, 6.45) is 1.54. The molecule has 6 aliphatic rings. The number of aliphatic hydroxyl groups excluding tert-OH is 3. The van der Waals surface area contributed by atoms with Gasteiger partial charge in [0.1, 0.15) is 11.5 Å². The average molecular weight is 362 g/mol. The van der Waals surface area contributed by atoms with Crippen LogP contribution in [0.2, 0.25) is 0 Å². The lowest BCUT2D eigenvalue weighted by Gasteiger charge is -2.72. The summed E-state index contributed by atoms with van der Waals surface area (Å²) in [6, 6.07) is 0. The molecule has 26 heavy (non-hydrogen) atoms. The van der Waals surface area contributed by atoms with E-state index in [4.69, 9.17) is 4.74 Å². The summed E-state index contributed by atoms with van der Waals surface area (Å²) in [7, 11) is 0. The van der Waals surface area contributed by atoms with Crippen LogP contribution < -0.4 is 0 Å². The maximum Gasteiger partial charge on any atom is 0.208 e. The number of aliphatic hydroxyl groups is 4. The van der Waals surface area contributed by atoms with E-state index < -0.39 is 52.2 Å². The minimum atomic E-state index is -2.18. The Hall–Kier alpha value is -1.05. The first-order chi connectivity index (χ1) is 12.1. The molecule has 6 nitrogen and oxygen atoms in total. The molecule has 4 aliphatic carbocycles. The fourth-order valence-electron chi connectivity index (χ4n) is 7.34. The van der Waals surface area contributed by atoms with Gasteiger partial charge >= 0.3 is 0 Å². The van der Waals surface area contributed by atoms with Crippen LogP contribution in [0.3, 0.4) is 0 Å². The van der Waals surface area contributed by atoms with Gasteiger partial charge in [0.05, 0.1) is 18.8 Å². The van der Waals surface area contributed by atoms with Crippen molar-refractivity contribution in [3.05, 3.63) is 24.3 Å². The molecule has 0 aromatic heterocycles. The summed E-state index contributed by atoms with van der Waals surface area (Å²) in [4.78, 5) is 13.3. The van der Waals surface area contributed by atoms with Crippen LogP contribution in [0.4, 0.5) is 0 Å². The summed E-state index contributed by atoms with van der Waals surface area (Å²) in [5, 5.41) is 44.5. The van der Waals surface area contributed by atoms with Crippen molar-refractivity contribution in [1.82, 2.24) is 0 Å². The second-order valence-electron chi connectivity index (χ2n) is 9.55. The molecule has 142 valence electrons. The molecular weight excluding hydrogens is 336 g/mol. The molecule has 2 spiro atoms. The van der Waals surface area contributed by atoms with E-state index in [1.807, 2.05) is 19.9 Å². The Morgan fingerprint density at radius 3 is 2.58 bits per heavy atom. The SMILES string of the molecule is C=C1C(=O)[C@]23[C@H](O)[C@H]1CC[C@H]2[C@]12C=C[C@H](O)C(C)(C)[C@H]1[C@H](O)C3(O)OC2. The Morgan fingerprint density at radius 1 is 1.19 bits per heavy atom. The predicted octanol–water partition coefficient (Wildman–Crippen LogP) is 0.152. The van der Waals surface area contributed by atoms with Crippen molar-refractivity contribution >= 4 is 5.78 Å². The van der Waals surface area contributed by atoms with Gasteiger partial charge in [0.25, 0.3) is 0 Å². The molecule has 4 bridgehead atoms. The zero-order valence-electron chi connectivity index (χ0n) is 15.1. The Bertz CT molecular complexity index is 757. The zero-order chi connectivity index (χ0) is 18.9. The van der Waals surface area contributed by atoms with Gasteiger partial charge in [-0.05, 0) is 24.3 Å². The van der Waals surface area contributed by atoms with Crippen LogP contribution in [0, 0.1) is 34.0 Å². The highest BCUT2D eigenvalue weighted by molar-refractivity contribution is 6.05. The number of hydrogen-bond donors (Lipinski definition) is 4. The Kier molecular flexibility index (Phi) is 2.95. The van der Waals surface area contributed by atoms with Crippen molar-refractivity contribution < 1.29 is 30.0 Å². The lowest BCUT2D eigenvalue weighted by molar-refractivity contribution is -0.438. The van der Waals surface area contributed by atoms with Crippen LogP contribution >= 0.6 is 0 Å². The van der Waals surface area contributed by atoms with Crippen LogP contribution in [-0.2, 0) is 9.53 Å². The Balaban J connectivity index is 1.82.